The lowest BCUT2D eigenvalue weighted by atomic mass is 9.90. The molecule has 0 aliphatic rings. The fourth-order valence-electron chi connectivity index (χ4n) is 1.88. The molecule has 0 spiro atoms. The fourth-order valence-corrected chi connectivity index (χ4v) is 1.88. The molecule has 2 atom stereocenters. The van der Waals surface area contributed by atoms with E-state index in [2.05, 4.69) is 13.8 Å². The summed E-state index contributed by atoms with van der Waals surface area (Å²) in [6.07, 6.45) is 3.70. The van der Waals surface area contributed by atoms with Gasteiger partial charge < -0.3 is 9.47 Å². The maximum atomic E-state index is 12.3. The van der Waals surface area contributed by atoms with Crippen molar-refractivity contribution >= 4 is 5.97 Å². The van der Waals surface area contributed by atoms with Gasteiger partial charge in [-0.05, 0) is 32.6 Å². The van der Waals surface area contributed by atoms with Crippen LogP contribution >= 0.6 is 0 Å². The van der Waals surface area contributed by atoms with E-state index in [1.54, 1.807) is 0 Å². The predicted octanol–water partition coefficient (Wildman–Crippen LogP) is 5.18. The lowest BCUT2D eigenvalue weighted by Gasteiger charge is -2.33. The van der Waals surface area contributed by atoms with Gasteiger partial charge in [0.25, 0.3) is 0 Å². The second-order valence-electron chi connectivity index (χ2n) is 7.89. The molecule has 3 heteroatoms. The van der Waals surface area contributed by atoms with Gasteiger partial charge in [0.05, 0.1) is 12.0 Å². The van der Waals surface area contributed by atoms with Gasteiger partial charge in [0, 0.05) is 5.41 Å². The van der Waals surface area contributed by atoms with Crippen LogP contribution in [-0.4, -0.2) is 18.9 Å². The Morgan fingerprint density at radius 3 is 2.05 bits per heavy atom. The van der Waals surface area contributed by atoms with Crippen LogP contribution in [0.25, 0.3) is 0 Å². The number of rotatable bonds is 9. The van der Waals surface area contributed by atoms with Crippen molar-refractivity contribution < 1.29 is 14.3 Å². The molecule has 0 aromatic heterocycles. The summed E-state index contributed by atoms with van der Waals surface area (Å²) in [6.45, 7) is 17.0. The second kappa shape index (κ2) is 8.77. The molecule has 0 bridgehead atoms. The molecule has 0 heterocycles. The zero-order valence-electron chi connectivity index (χ0n) is 15.4. The van der Waals surface area contributed by atoms with Crippen LogP contribution in [0.4, 0.5) is 0 Å². The van der Waals surface area contributed by atoms with E-state index in [9.17, 15) is 4.79 Å². The quantitative estimate of drug-likeness (QED) is 0.434. The van der Waals surface area contributed by atoms with E-state index in [4.69, 9.17) is 9.47 Å². The minimum Gasteiger partial charge on any atom is -0.435 e. The van der Waals surface area contributed by atoms with Gasteiger partial charge in [0.15, 0.2) is 0 Å². The molecule has 0 fully saturated rings. The Morgan fingerprint density at radius 2 is 1.62 bits per heavy atom. The third-order valence-electron chi connectivity index (χ3n) is 4.02. The lowest BCUT2D eigenvalue weighted by molar-refractivity contribution is -0.212. The normalized spacial score (nSPS) is 15.6. The summed E-state index contributed by atoms with van der Waals surface area (Å²) in [5, 5.41) is 0. The zero-order valence-corrected chi connectivity index (χ0v) is 15.4. The maximum absolute atomic E-state index is 12.3. The monoisotopic (exact) mass is 300 g/mol. The molecule has 21 heavy (non-hydrogen) atoms. The average molecular weight is 300 g/mol. The molecule has 0 saturated heterocycles. The highest BCUT2D eigenvalue weighted by atomic mass is 16.7. The Hall–Kier alpha value is -0.570. The Balaban J connectivity index is 4.52. The third kappa shape index (κ3) is 7.85. The summed E-state index contributed by atoms with van der Waals surface area (Å²) < 4.78 is 11.5. The van der Waals surface area contributed by atoms with Crippen molar-refractivity contribution in [1.82, 2.24) is 0 Å². The summed E-state index contributed by atoms with van der Waals surface area (Å²) in [6, 6.07) is 0. The van der Waals surface area contributed by atoms with Crippen molar-refractivity contribution in [1.29, 1.82) is 0 Å². The van der Waals surface area contributed by atoms with Gasteiger partial charge in [-0.15, -0.1) is 0 Å². The van der Waals surface area contributed by atoms with Crippen molar-refractivity contribution in [2.75, 3.05) is 6.61 Å². The van der Waals surface area contributed by atoms with Crippen LogP contribution in [0.1, 0.15) is 81.1 Å². The van der Waals surface area contributed by atoms with Crippen LogP contribution in [0, 0.1) is 16.7 Å². The molecule has 0 radical (unpaired) electrons. The van der Waals surface area contributed by atoms with Gasteiger partial charge >= 0.3 is 5.97 Å². The van der Waals surface area contributed by atoms with Gasteiger partial charge in [-0.1, -0.05) is 54.4 Å². The number of ether oxygens (including phenoxy) is 2. The van der Waals surface area contributed by atoms with Crippen LogP contribution in [0.3, 0.4) is 0 Å². The number of carbonyl (C=O) groups excluding carboxylic acids is 1. The molecule has 0 aromatic carbocycles. The molecule has 0 N–H and O–H groups in total. The van der Waals surface area contributed by atoms with Crippen molar-refractivity contribution in [2.45, 2.75) is 87.4 Å². The second-order valence-corrected chi connectivity index (χ2v) is 7.89. The van der Waals surface area contributed by atoms with E-state index in [1.807, 2.05) is 41.5 Å². The van der Waals surface area contributed by atoms with E-state index in [0.29, 0.717) is 12.5 Å². The summed E-state index contributed by atoms with van der Waals surface area (Å²) in [5.74, 6) is 0.477. The van der Waals surface area contributed by atoms with E-state index in [1.165, 1.54) is 12.8 Å². The minimum atomic E-state index is -0.482. The predicted molar refractivity (Wildman–Crippen MR) is 88.0 cm³/mol. The summed E-state index contributed by atoms with van der Waals surface area (Å²) in [7, 11) is 0. The van der Waals surface area contributed by atoms with Crippen LogP contribution < -0.4 is 0 Å². The molecule has 126 valence electrons. The highest BCUT2D eigenvalue weighted by Crippen LogP contribution is 2.29. The van der Waals surface area contributed by atoms with Gasteiger partial charge in [-0.2, -0.15) is 0 Å². The average Bonchev–Trinajstić information content (AvgIpc) is 2.36. The topological polar surface area (TPSA) is 35.5 Å². The number of carbonyl (C=O) groups is 1. The Labute approximate surface area is 131 Å². The zero-order chi connectivity index (χ0) is 16.7. The van der Waals surface area contributed by atoms with Crippen LogP contribution in [0.15, 0.2) is 0 Å². The highest BCUT2D eigenvalue weighted by Gasteiger charge is 2.35. The summed E-state index contributed by atoms with van der Waals surface area (Å²) in [5.41, 5.74) is -0.671. The number of hydrogen-bond donors (Lipinski definition) is 0. The van der Waals surface area contributed by atoms with Crippen molar-refractivity contribution in [2.24, 2.45) is 16.7 Å². The molecule has 0 saturated carbocycles. The Bertz CT molecular complexity index is 302. The summed E-state index contributed by atoms with van der Waals surface area (Å²) in [4.78, 5) is 12.3. The van der Waals surface area contributed by atoms with Crippen LogP contribution in [0.5, 0.6) is 0 Å². The first kappa shape index (κ1) is 20.4. The molecule has 2 unspecified atom stereocenters. The molecule has 3 nitrogen and oxygen atoms in total. The SMILES string of the molecule is CCCC(C)CCOC(OC(=O)C(C)(C)CC)C(C)(C)C. The fraction of sp³-hybridized carbons (Fsp3) is 0.944. The minimum absolute atomic E-state index is 0.175. The van der Waals surface area contributed by atoms with E-state index >= 15 is 0 Å². The van der Waals surface area contributed by atoms with Crippen molar-refractivity contribution in [3.8, 4) is 0 Å². The standard InChI is InChI=1S/C18H36O3/c1-9-11-14(3)12-13-20-16(17(4,5)6)21-15(19)18(7,8)10-2/h14,16H,9-13H2,1-8H3. The number of hydrogen-bond acceptors (Lipinski definition) is 3. The lowest BCUT2D eigenvalue weighted by Crippen LogP contribution is -2.38. The Kier molecular flexibility index (Phi) is 8.53. The first-order chi connectivity index (χ1) is 9.54. The maximum Gasteiger partial charge on any atom is 0.313 e. The van der Waals surface area contributed by atoms with Crippen molar-refractivity contribution in [3.05, 3.63) is 0 Å². The molecule has 0 aromatic rings. The molecule has 0 rings (SSSR count). The smallest absolute Gasteiger partial charge is 0.313 e. The third-order valence-corrected chi connectivity index (χ3v) is 4.02. The summed E-state index contributed by atoms with van der Waals surface area (Å²) >= 11 is 0. The van der Waals surface area contributed by atoms with Crippen molar-refractivity contribution in [3.63, 3.8) is 0 Å². The first-order valence-corrected chi connectivity index (χ1v) is 8.37. The van der Waals surface area contributed by atoms with E-state index < -0.39 is 11.7 Å². The van der Waals surface area contributed by atoms with Gasteiger partial charge in [-0.25, -0.2) is 0 Å². The molecule has 0 aliphatic carbocycles. The van der Waals surface area contributed by atoms with E-state index in [-0.39, 0.29) is 11.4 Å². The Morgan fingerprint density at radius 1 is 1.05 bits per heavy atom. The molecular weight excluding hydrogens is 264 g/mol. The molecular formula is C18H36O3. The largest absolute Gasteiger partial charge is 0.435 e. The van der Waals surface area contributed by atoms with Gasteiger partial charge in [-0.3, -0.25) is 4.79 Å². The molecule has 0 aliphatic heterocycles. The van der Waals surface area contributed by atoms with E-state index in [0.717, 1.165) is 12.8 Å². The van der Waals surface area contributed by atoms with Gasteiger partial charge in [0.1, 0.15) is 0 Å². The highest BCUT2D eigenvalue weighted by molar-refractivity contribution is 5.75. The molecule has 0 amide bonds. The van der Waals surface area contributed by atoms with Crippen LogP contribution in [-0.2, 0) is 14.3 Å². The van der Waals surface area contributed by atoms with Crippen LogP contribution in [0.2, 0.25) is 0 Å². The first-order valence-electron chi connectivity index (χ1n) is 8.37. The van der Waals surface area contributed by atoms with Gasteiger partial charge in [0.2, 0.25) is 6.29 Å². The number of esters is 1.